The second kappa shape index (κ2) is 5.72. The SMILES string of the molecule is C/C(=C\C(=O)N1CC(N2CC(c3nc(C)no3)CC2=O)C1)C1CC1. The lowest BCUT2D eigenvalue weighted by Gasteiger charge is -2.43. The van der Waals surface area contributed by atoms with E-state index in [1.54, 1.807) is 13.0 Å². The van der Waals surface area contributed by atoms with E-state index in [0.29, 0.717) is 43.7 Å². The molecule has 7 heteroatoms. The molecule has 0 bridgehead atoms. The van der Waals surface area contributed by atoms with Crippen LogP contribution >= 0.6 is 0 Å². The summed E-state index contributed by atoms with van der Waals surface area (Å²) in [6.45, 7) is 5.65. The van der Waals surface area contributed by atoms with Gasteiger partial charge in [-0.15, -0.1) is 0 Å². The molecular weight excluding hydrogens is 308 g/mol. The molecule has 1 aliphatic carbocycles. The molecule has 2 saturated heterocycles. The Morgan fingerprint density at radius 3 is 2.67 bits per heavy atom. The van der Waals surface area contributed by atoms with Crippen LogP contribution in [0.25, 0.3) is 0 Å². The molecule has 1 aromatic heterocycles. The number of amides is 2. The first-order valence-electron chi connectivity index (χ1n) is 8.58. The number of hydrogen-bond acceptors (Lipinski definition) is 5. The highest BCUT2D eigenvalue weighted by Crippen LogP contribution is 2.36. The molecule has 2 amide bonds. The van der Waals surface area contributed by atoms with E-state index >= 15 is 0 Å². The van der Waals surface area contributed by atoms with Crippen LogP contribution in [0.3, 0.4) is 0 Å². The van der Waals surface area contributed by atoms with Gasteiger partial charge in [-0.25, -0.2) is 0 Å². The third-order valence-corrected chi connectivity index (χ3v) is 5.24. The average molecular weight is 330 g/mol. The molecule has 1 saturated carbocycles. The Balaban J connectivity index is 1.32. The first-order valence-corrected chi connectivity index (χ1v) is 8.58. The van der Waals surface area contributed by atoms with Crippen molar-refractivity contribution in [2.75, 3.05) is 19.6 Å². The summed E-state index contributed by atoms with van der Waals surface area (Å²) >= 11 is 0. The molecule has 128 valence electrons. The minimum absolute atomic E-state index is 0.0274. The van der Waals surface area contributed by atoms with Crippen molar-refractivity contribution in [2.45, 2.75) is 45.1 Å². The van der Waals surface area contributed by atoms with Crippen molar-refractivity contribution in [3.05, 3.63) is 23.4 Å². The number of nitrogens with zero attached hydrogens (tertiary/aromatic N) is 4. The maximum absolute atomic E-state index is 12.3. The number of likely N-dealkylation sites (tertiary alicyclic amines) is 2. The van der Waals surface area contributed by atoms with Gasteiger partial charge in [0.25, 0.3) is 0 Å². The van der Waals surface area contributed by atoms with Crippen molar-refractivity contribution >= 4 is 11.8 Å². The Morgan fingerprint density at radius 2 is 2.04 bits per heavy atom. The van der Waals surface area contributed by atoms with E-state index in [-0.39, 0.29) is 23.8 Å². The molecule has 3 fully saturated rings. The van der Waals surface area contributed by atoms with Crippen molar-refractivity contribution in [1.82, 2.24) is 19.9 Å². The summed E-state index contributed by atoms with van der Waals surface area (Å²) in [5.41, 5.74) is 1.19. The predicted molar refractivity (Wildman–Crippen MR) is 85.0 cm³/mol. The first-order chi connectivity index (χ1) is 11.5. The van der Waals surface area contributed by atoms with Gasteiger partial charge in [0.05, 0.1) is 12.0 Å². The lowest BCUT2D eigenvalue weighted by atomic mass is 10.1. The summed E-state index contributed by atoms with van der Waals surface area (Å²) in [5, 5.41) is 3.80. The smallest absolute Gasteiger partial charge is 0.246 e. The van der Waals surface area contributed by atoms with Crippen LogP contribution in [-0.2, 0) is 9.59 Å². The average Bonchev–Trinajstić information content (AvgIpc) is 3.15. The van der Waals surface area contributed by atoms with E-state index < -0.39 is 0 Å². The highest BCUT2D eigenvalue weighted by atomic mass is 16.5. The Hall–Kier alpha value is -2.18. The summed E-state index contributed by atoms with van der Waals surface area (Å²) in [4.78, 5) is 32.4. The van der Waals surface area contributed by atoms with E-state index in [9.17, 15) is 9.59 Å². The summed E-state index contributed by atoms with van der Waals surface area (Å²) in [6, 6.07) is 0.116. The van der Waals surface area contributed by atoms with E-state index in [1.165, 1.54) is 18.4 Å². The fraction of sp³-hybridized carbons (Fsp3) is 0.647. The zero-order chi connectivity index (χ0) is 16.8. The lowest BCUT2D eigenvalue weighted by molar-refractivity contribution is -0.141. The Bertz CT molecular complexity index is 700. The molecule has 0 N–H and O–H groups in total. The molecule has 4 rings (SSSR count). The van der Waals surface area contributed by atoms with Gasteiger partial charge in [0.2, 0.25) is 17.7 Å². The van der Waals surface area contributed by atoms with Crippen molar-refractivity contribution in [3.8, 4) is 0 Å². The number of aryl methyl sites for hydroxylation is 1. The van der Waals surface area contributed by atoms with Crippen LogP contribution in [0.1, 0.15) is 43.8 Å². The van der Waals surface area contributed by atoms with Gasteiger partial charge in [0, 0.05) is 32.1 Å². The third kappa shape index (κ3) is 2.83. The maximum atomic E-state index is 12.3. The van der Waals surface area contributed by atoms with Gasteiger partial charge in [-0.1, -0.05) is 10.7 Å². The first kappa shape index (κ1) is 15.4. The number of allylic oxidation sites excluding steroid dienone is 1. The van der Waals surface area contributed by atoms with Crippen molar-refractivity contribution in [3.63, 3.8) is 0 Å². The molecule has 0 radical (unpaired) electrons. The van der Waals surface area contributed by atoms with Gasteiger partial charge in [-0.2, -0.15) is 4.98 Å². The van der Waals surface area contributed by atoms with E-state index in [2.05, 4.69) is 10.1 Å². The Labute approximate surface area is 140 Å². The highest BCUT2D eigenvalue weighted by molar-refractivity contribution is 5.89. The largest absolute Gasteiger partial charge is 0.339 e. The molecule has 2 aliphatic heterocycles. The van der Waals surface area contributed by atoms with Crippen LogP contribution in [0.4, 0.5) is 0 Å². The molecule has 24 heavy (non-hydrogen) atoms. The third-order valence-electron chi connectivity index (χ3n) is 5.24. The van der Waals surface area contributed by atoms with E-state index in [0.717, 1.165) is 0 Å². The quantitative estimate of drug-likeness (QED) is 0.777. The van der Waals surface area contributed by atoms with Gasteiger partial charge < -0.3 is 14.3 Å². The molecule has 3 aliphatic rings. The molecular formula is C17H22N4O3. The summed E-state index contributed by atoms with van der Waals surface area (Å²) in [6.07, 6.45) is 4.59. The molecule has 1 atom stereocenters. The standard InChI is InChI=1S/C17H22N4O3/c1-10(12-3-4-12)5-15(22)20-8-14(9-20)21-7-13(6-16(21)23)17-18-11(2)19-24-17/h5,12-14H,3-4,6-9H2,1-2H3/b10-5+. The molecule has 3 heterocycles. The van der Waals surface area contributed by atoms with Gasteiger partial charge in [0.15, 0.2) is 5.82 Å². The minimum Gasteiger partial charge on any atom is -0.339 e. The van der Waals surface area contributed by atoms with Crippen LogP contribution in [0.5, 0.6) is 0 Å². The topological polar surface area (TPSA) is 79.5 Å². The molecule has 7 nitrogen and oxygen atoms in total. The maximum Gasteiger partial charge on any atom is 0.246 e. The van der Waals surface area contributed by atoms with E-state index in [4.69, 9.17) is 4.52 Å². The fourth-order valence-electron chi connectivity index (χ4n) is 3.50. The highest BCUT2D eigenvalue weighted by Gasteiger charge is 2.43. The number of carbonyl (C=O) groups excluding carboxylic acids is 2. The Morgan fingerprint density at radius 1 is 1.29 bits per heavy atom. The monoisotopic (exact) mass is 330 g/mol. The fourth-order valence-corrected chi connectivity index (χ4v) is 3.50. The van der Waals surface area contributed by atoms with Crippen molar-refractivity contribution in [1.29, 1.82) is 0 Å². The van der Waals surface area contributed by atoms with Gasteiger partial charge >= 0.3 is 0 Å². The van der Waals surface area contributed by atoms with Gasteiger partial charge in [-0.05, 0) is 32.6 Å². The van der Waals surface area contributed by atoms with Gasteiger partial charge in [0.1, 0.15) is 0 Å². The zero-order valence-corrected chi connectivity index (χ0v) is 14.1. The molecule has 1 unspecified atom stereocenters. The van der Waals surface area contributed by atoms with Crippen LogP contribution in [0.15, 0.2) is 16.2 Å². The number of carbonyl (C=O) groups is 2. The summed E-state index contributed by atoms with van der Waals surface area (Å²) in [5.74, 6) is 1.90. The zero-order valence-electron chi connectivity index (χ0n) is 14.1. The van der Waals surface area contributed by atoms with Crippen LogP contribution < -0.4 is 0 Å². The normalized spacial score (nSPS) is 25.3. The van der Waals surface area contributed by atoms with Crippen molar-refractivity contribution < 1.29 is 14.1 Å². The van der Waals surface area contributed by atoms with Crippen LogP contribution in [-0.4, -0.2) is 57.4 Å². The van der Waals surface area contributed by atoms with Gasteiger partial charge in [-0.3, -0.25) is 9.59 Å². The Kier molecular flexibility index (Phi) is 3.66. The molecule has 0 spiro atoms. The second-order valence-electron chi connectivity index (χ2n) is 7.19. The molecule has 1 aromatic rings. The lowest BCUT2D eigenvalue weighted by Crippen LogP contribution is -2.61. The number of hydrogen-bond donors (Lipinski definition) is 0. The number of rotatable bonds is 4. The van der Waals surface area contributed by atoms with Crippen molar-refractivity contribution in [2.24, 2.45) is 5.92 Å². The van der Waals surface area contributed by atoms with E-state index in [1.807, 2.05) is 16.7 Å². The van der Waals surface area contributed by atoms with Crippen LogP contribution in [0.2, 0.25) is 0 Å². The summed E-state index contributed by atoms with van der Waals surface area (Å²) in [7, 11) is 0. The second-order valence-corrected chi connectivity index (χ2v) is 7.19. The molecule has 0 aromatic carbocycles. The summed E-state index contributed by atoms with van der Waals surface area (Å²) < 4.78 is 5.20. The minimum atomic E-state index is -0.0274. The predicted octanol–water partition coefficient (Wildman–Crippen LogP) is 1.26. The number of aromatic nitrogens is 2. The van der Waals surface area contributed by atoms with Crippen LogP contribution in [0, 0.1) is 12.8 Å².